The second-order valence-electron chi connectivity index (χ2n) is 3.09. The van der Waals surface area contributed by atoms with Crippen LogP contribution in [0.5, 0.6) is 0 Å². The van der Waals surface area contributed by atoms with Crippen molar-refractivity contribution in [1.29, 1.82) is 0 Å². The second-order valence-corrected chi connectivity index (χ2v) is 3.09. The number of nitrogens with two attached hydrogens (primary N) is 1. The molecule has 0 saturated carbocycles. The Kier molecular flexibility index (Phi) is 2.99. The summed E-state index contributed by atoms with van der Waals surface area (Å²) in [5, 5.41) is 10.7. The molecule has 1 rings (SSSR count). The van der Waals surface area contributed by atoms with E-state index in [0.29, 0.717) is 11.1 Å². The van der Waals surface area contributed by atoms with Crippen LogP contribution in [0, 0.1) is 17.0 Å². The molecular formula is C10H12N2O2. The minimum Gasteiger partial charge on any atom is -0.326 e. The summed E-state index contributed by atoms with van der Waals surface area (Å²) in [6.45, 7) is 5.80. The second kappa shape index (κ2) is 4.02. The third-order valence-electron chi connectivity index (χ3n) is 1.98. The summed E-state index contributed by atoms with van der Waals surface area (Å²) < 4.78 is 0. The van der Waals surface area contributed by atoms with E-state index in [2.05, 4.69) is 6.58 Å². The van der Waals surface area contributed by atoms with E-state index < -0.39 is 4.92 Å². The first-order valence-electron chi connectivity index (χ1n) is 4.19. The fourth-order valence-electron chi connectivity index (χ4n) is 1.20. The molecule has 0 saturated heterocycles. The van der Waals surface area contributed by atoms with Gasteiger partial charge in [-0.25, -0.2) is 0 Å². The number of nitrogens with zero attached hydrogens (tertiary/aromatic N) is 1. The van der Waals surface area contributed by atoms with Gasteiger partial charge in [-0.2, -0.15) is 0 Å². The van der Waals surface area contributed by atoms with Crippen LogP contribution in [0.3, 0.4) is 0 Å². The molecule has 0 aromatic heterocycles. The van der Waals surface area contributed by atoms with Crippen molar-refractivity contribution in [2.24, 2.45) is 5.73 Å². The third kappa shape index (κ3) is 1.97. The zero-order valence-corrected chi connectivity index (χ0v) is 7.99. The first-order chi connectivity index (χ1) is 6.56. The van der Waals surface area contributed by atoms with Gasteiger partial charge in [0.1, 0.15) is 0 Å². The molecule has 4 nitrogen and oxygen atoms in total. The van der Waals surface area contributed by atoms with Crippen molar-refractivity contribution in [2.45, 2.75) is 6.92 Å². The highest BCUT2D eigenvalue weighted by Crippen LogP contribution is 2.25. The van der Waals surface area contributed by atoms with Gasteiger partial charge in [-0.05, 0) is 18.6 Å². The summed E-state index contributed by atoms with van der Waals surface area (Å²) in [5.74, 6) is 0. The first kappa shape index (κ1) is 10.4. The van der Waals surface area contributed by atoms with Crippen LogP contribution in [-0.4, -0.2) is 11.5 Å². The van der Waals surface area contributed by atoms with E-state index in [4.69, 9.17) is 5.73 Å². The van der Waals surface area contributed by atoms with Crippen LogP contribution in [0.15, 0.2) is 24.8 Å². The third-order valence-corrected chi connectivity index (χ3v) is 1.98. The minimum atomic E-state index is -0.421. The van der Waals surface area contributed by atoms with Crippen LogP contribution in [0.25, 0.3) is 5.57 Å². The monoisotopic (exact) mass is 192 g/mol. The molecule has 0 radical (unpaired) electrons. The lowest BCUT2D eigenvalue weighted by atomic mass is 10.0. The zero-order valence-electron chi connectivity index (χ0n) is 7.99. The molecule has 14 heavy (non-hydrogen) atoms. The standard InChI is InChI=1S/C10H12N2O2/c1-7-3-4-10(12(13)14)9(5-7)8(2)6-11/h3-5H,2,6,11H2,1H3. The van der Waals surface area contributed by atoms with Crippen molar-refractivity contribution >= 4 is 11.3 Å². The van der Waals surface area contributed by atoms with Crippen molar-refractivity contribution in [3.63, 3.8) is 0 Å². The molecule has 2 N–H and O–H groups in total. The van der Waals surface area contributed by atoms with Gasteiger partial charge >= 0.3 is 0 Å². The Hall–Kier alpha value is -1.68. The Morgan fingerprint density at radius 1 is 1.64 bits per heavy atom. The predicted molar refractivity (Wildman–Crippen MR) is 55.9 cm³/mol. The number of nitro benzene ring substituents is 1. The maximum Gasteiger partial charge on any atom is 0.276 e. The van der Waals surface area contributed by atoms with Gasteiger partial charge in [-0.15, -0.1) is 0 Å². The molecule has 0 aliphatic heterocycles. The highest BCUT2D eigenvalue weighted by atomic mass is 16.6. The molecule has 0 heterocycles. The van der Waals surface area contributed by atoms with E-state index >= 15 is 0 Å². The summed E-state index contributed by atoms with van der Waals surface area (Å²) in [6.07, 6.45) is 0. The Balaban J connectivity index is 3.29. The molecule has 0 aliphatic rings. The van der Waals surface area contributed by atoms with Gasteiger partial charge in [0.25, 0.3) is 5.69 Å². The minimum absolute atomic E-state index is 0.0612. The fraction of sp³-hybridized carbons (Fsp3) is 0.200. The van der Waals surface area contributed by atoms with Gasteiger partial charge in [-0.1, -0.05) is 18.2 Å². The van der Waals surface area contributed by atoms with E-state index in [0.717, 1.165) is 5.56 Å². The average Bonchev–Trinajstić information content (AvgIpc) is 2.16. The summed E-state index contributed by atoms with van der Waals surface area (Å²) >= 11 is 0. The molecule has 0 fully saturated rings. The highest BCUT2D eigenvalue weighted by Gasteiger charge is 2.14. The van der Waals surface area contributed by atoms with Gasteiger partial charge in [0.05, 0.1) is 10.5 Å². The predicted octanol–water partition coefficient (Wildman–Crippen LogP) is 1.88. The van der Waals surface area contributed by atoms with Crippen molar-refractivity contribution < 1.29 is 4.92 Å². The Morgan fingerprint density at radius 3 is 2.79 bits per heavy atom. The Morgan fingerprint density at radius 2 is 2.29 bits per heavy atom. The normalized spacial score (nSPS) is 9.86. The quantitative estimate of drug-likeness (QED) is 0.587. The van der Waals surface area contributed by atoms with Crippen LogP contribution < -0.4 is 5.73 Å². The van der Waals surface area contributed by atoms with Crippen molar-refractivity contribution in [2.75, 3.05) is 6.54 Å². The average molecular weight is 192 g/mol. The van der Waals surface area contributed by atoms with Gasteiger partial charge in [0, 0.05) is 12.6 Å². The molecule has 1 aromatic carbocycles. The molecule has 0 unspecified atom stereocenters. The van der Waals surface area contributed by atoms with Crippen molar-refractivity contribution in [3.8, 4) is 0 Å². The molecule has 1 aromatic rings. The number of hydrogen-bond donors (Lipinski definition) is 1. The smallest absolute Gasteiger partial charge is 0.276 e. The SMILES string of the molecule is C=C(CN)c1cc(C)ccc1[N+](=O)[O-]. The fourth-order valence-corrected chi connectivity index (χ4v) is 1.20. The number of aryl methyl sites for hydroxylation is 1. The van der Waals surface area contributed by atoms with Gasteiger partial charge in [0.15, 0.2) is 0 Å². The Bertz CT molecular complexity index is 386. The number of rotatable bonds is 3. The summed E-state index contributed by atoms with van der Waals surface area (Å²) in [5.41, 5.74) is 7.53. The molecular weight excluding hydrogens is 180 g/mol. The van der Waals surface area contributed by atoms with Crippen LogP contribution >= 0.6 is 0 Å². The molecule has 0 spiro atoms. The van der Waals surface area contributed by atoms with Gasteiger partial charge in [-0.3, -0.25) is 10.1 Å². The van der Waals surface area contributed by atoms with Crippen LogP contribution in [-0.2, 0) is 0 Å². The number of benzene rings is 1. The lowest BCUT2D eigenvalue weighted by Gasteiger charge is -2.04. The van der Waals surface area contributed by atoms with E-state index in [1.54, 1.807) is 12.1 Å². The molecule has 0 atom stereocenters. The zero-order chi connectivity index (χ0) is 10.7. The van der Waals surface area contributed by atoms with Crippen LogP contribution in [0.1, 0.15) is 11.1 Å². The van der Waals surface area contributed by atoms with E-state index in [1.807, 2.05) is 6.92 Å². The van der Waals surface area contributed by atoms with Gasteiger partial charge < -0.3 is 5.73 Å². The summed E-state index contributed by atoms with van der Waals surface area (Å²) in [4.78, 5) is 10.3. The van der Waals surface area contributed by atoms with Crippen LogP contribution in [0.2, 0.25) is 0 Å². The van der Waals surface area contributed by atoms with E-state index in [9.17, 15) is 10.1 Å². The highest BCUT2D eigenvalue weighted by molar-refractivity contribution is 5.72. The molecule has 74 valence electrons. The first-order valence-corrected chi connectivity index (χ1v) is 4.19. The van der Waals surface area contributed by atoms with Crippen molar-refractivity contribution in [3.05, 3.63) is 46.0 Å². The number of hydrogen-bond acceptors (Lipinski definition) is 3. The van der Waals surface area contributed by atoms with E-state index in [-0.39, 0.29) is 12.2 Å². The Labute approximate surface area is 82.2 Å². The maximum absolute atomic E-state index is 10.7. The topological polar surface area (TPSA) is 69.2 Å². The maximum atomic E-state index is 10.7. The largest absolute Gasteiger partial charge is 0.326 e. The van der Waals surface area contributed by atoms with Crippen LogP contribution in [0.4, 0.5) is 5.69 Å². The lowest BCUT2D eigenvalue weighted by Crippen LogP contribution is -2.04. The molecule has 0 aliphatic carbocycles. The summed E-state index contributed by atoms with van der Waals surface area (Å²) in [6, 6.07) is 4.91. The van der Waals surface area contributed by atoms with Crippen molar-refractivity contribution in [1.82, 2.24) is 0 Å². The summed E-state index contributed by atoms with van der Waals surface area (Å²) in [7, 11) is 0. The van der Waals surface area contributed by atoms with E-state index in [1.165, 1.54) is 6.07 Å². The molecule has 4 heteroatoms. The number of nitro groups is 1. The molecule has 0 amide bonds. The van der Waals surface area contributed by atoms with Gasteiger partial charge in [0.2, 0.25) is 0 Å². The lowest BCUT2D eigenvalue weighted by molar-refractivity contribution is -0.385. The molecule has 0 bridgehead atoms.